The highest BCUT2D eigenvalue weighted by Crippen LogP contribution is 2.37. The van der Waals surface area contributed by atoms with E-state index in [1.54, 1.807) is 13.4 Å². The Morgan fingerprint density at radius 2 is 1.67 bits per heavy atom. The maximum absolute atomic E-state index is 13.6. The standard InChI is InChI=1S/C28H29N5O2S/c1-19-24-26(33-12-11-20-5-3-4-6-21(20)17-33)29-18-30-27(24)36-25(19)28(34)32-15-13-31(14-16-32)22-7-9-23(35-2)10-8-22/h3-10,18H,11-17H2,1-2H3. The van der Waals surface area contributed by atoms with Gasteiger partial charge in [-0.3, -0.25) is 4.79 Å². The number of thiophene rings is 1. The second-order valence-electron chi connectivity index (χ2n) is 9.35. The first kappa shape index (κ1) is 22.8. The van der Waals surface area contributed by atoms with E-state index in [-0.39, 0.29) is 5.91 Å². The molecule has 4 aromatic rings. The number of aryl methyl sites for hydroxylation is 1. The van der Waals surface area contributed by atoms with Gasteiger partial charge in [0.25, 0.3) is 5.91 Å². The molecule has 0 aliphatic carbocycles. The number of fused-ring (bicyclic) bond motifs is 2. The average Bonchev–Trinajstić information content (AvgIpc) is 3.29. The van der Waals surface area contributed by atoms with Gasteiger partial charge in [0.15, 0.2) is 0 Å². The van der Waals surface area contributed by atoms with Gasteiger partial charge in [-0.25, -0.2) is 9.97 Å². The second-order valence-corrected chi connectivity index (χ2v) is 10.4. The Morgan fingerprint density at radius 3 is 2.42 bits per heavy atom. The molecule has 0 radical (unpaired) electrons. The van der Waals surface area contributed by atoms with Gasteiger partial charge < -0.3 is 19.4 Å². The highest BCUT2D eigenvalue weighted by atomic mass is 32.1. The number of methoxy groups -OCH3 is 1. The number of benzene rings is 2. The summed E-state index contributed by atoms with van der Waals surface area (Å²) in [7, 11) is 1.68. The van der Waals surface area contributed by atoms with E-state index < -0.39 is 0 Å². The second kappa shape index (κ2) is 9.43. The number of aromatic nitrogens is 2. The minimum atomic E-state index is 0.0971. The lowest BCUT2D eigenvalue weighted by Gasteiger charge is -2.36. The van der Waals surface area contributed by atoms with Gasteiger partial charge >= 0.3 is 0 Å². The molecule has 0 unspecified atom stereocenters. The number of piperazine rings is 1. The molecule has 1 amide bonds. The summed E-state index contributed by atoms with van der Waals surface area (Å²) in [6.07, 6.45) is 2.63. The summed E-state index contributed by atoms with van der Waals surface area (Å²) in [4.78, 5) is 31.1. The number of carbonyl (C=O) groups is 1. The van der Waals surface area contributed by atoms with Crippen LogP contribution in [0.15, 0.2) is 54.9 Å². The molecule has 0 N–H and O–H groups in total. The predicted molar refractivity (Wildman–Crippen MR) is 144 cm³/mol. The van der Waals surface area contributed by atoms with Crippen molar-refractivity contribution < 1.29 is 9.53 Å². The Morgan fingerprint density at radius 1 is 0.917 bits per heavy atom. The van der Waals surface area contributed by atoms with Gasteiger partial charge in [0.05, 0.1) is 17.4 Å². The number of carbonyl (C=O) groups excluding carboxylic acids is 1. The van der Waals surface area contributed by atoms with Gasteiger partial charge in [-0.05, 0) is 54.3 Å². The molecule has 2 aliphatic heterocycles. The van der Waals surface area contributed by atoms with Gasteiger partial charge in [0.2, 0.25) is 0 Å². The molecule has 1 saturated heterocycles. The molecule has 2 aromatic carbocycles. The molecule has 2 aromatic heterocycles. The van der Waals surface area contributed by atoms with Crippen molar-refractivity contribution in [2.75, 3.05) is 49.6 Å². The first-order chi connectivity index (χ1) is 17.6. The molecule has 2 aliphatic rings. The van der Waals surface area contributed by atoms with Crippen molar-refractivity contribution in [2.24, 2.45) is 0 Å². The maximum atomic E-state index is 13.6. The summed E-state index contributed by atoms with van der Waals surface area (Å²) < 4.78 is 5.27. The Hall–Kier alpha value is -3.65. The van der Waals surface area contributed by atoms with E-state index in [2.05, 4.69) is 56.2 Å². The summed E-state index contributed by atoms with van der Waals surface area (Å²) in [6, 6.07) is 16.7. The molecule has 0 spiro atoms. The van der Waals surface area contributed by atoms with E-state index >= 15 is 0 Å². The predicted octanol–water partition coefficient (Wildman–Crippen LogP) is 4.53. The van der Waals surface area contributed by atoms with Crippen LogP contribution in [0.1, 0.15) is 26.4 Å². The van der Waals surface area contributed by atoms with Crippen LogP contribution in [0.3, 0.4) is 0 Å². The lowest BCUT2D eigenvalue weighted by atomic mass is 9.99. The van der Waals surface area contributed by atoms with Crippen LogP contribution in [0.5, 0.6) is 5.75 Å². The zero-order valence-corrected chi connectivity index (χ0v) is 21.4. The van der Waals surface area contributed by atoms with Crippen LogP contribution in [-0.2, 0) is 13.0 Å². The molecule has 184 valence electrons. The zero-order chi connectivity index (χ0) is 24.6. The highest BCUT2D eigenvalue weighted by Gasteiger charge is 2.28. The average molecular weight is 500 g/mol. The van der Waals surface area contributed by atoms with Crippen molar-refractivity contribution in [1.29, 1.82) is 0 Å². The number of ether oxygens (including phenoxy) is 1. The third-order valence-corrected chi connectivity index (χ3v) is 8.52. The summed E-state index contributed by atoms with van der Waals surface area (Å²) in [5.74, 6) is 1.88. The van der Waals surface area contributed by atoms with Crippen molar-refractivity contribution in [1.82, 2.24) is 14.9 Å². The monoisotopic (exact) mass is 499 g/mol. The van der Waals surface area contributed by atoms with Crippen molar-refractivity contribution >= 4 is 39.0 Å². The first-order valence-corrected chi connectivity index (χ1v) is 13.2. The molecule has 4 heterocycles. The summed E-state index contributed by atoms with van der Waals surface area (Å²) in [5.41, 5.74) is 4.90. The summed E-state index contributed by atoms with van der Waals surface area (Å²) in [5, 5.41) is 1.02. The molecule has 7 nitrogen and oxygen atoms in total. The van der Waals surface area contributed by atoms with Gasteiger partial charge in [-0.15, -0.1) is 11.3 Å². The fourth-order valence-corrected chi connectivity index (χ4v) is 6.39. The first-order valence-electron chi connectivity index (χ1n) is 12.4. The van der Waals surface area contributed by atoms with E-state index in [1.807, 2.05) is 24.0 Å². The number of anilines is 2. The van der Waals surface area contributed by atoms with E-state index in [0.717, 1.165) is 70.5 Å². The minimum Gasteiger partial charge on any atom is -0.497 e. The molecule has 0 saturated carbocycles. The quantitative estimate of drug-likeness (QED) is 0.411. The number of hydrogen-bond donors (Lipinski definition) is 0. The Bertz CT molecular complexity index is 1410. The Kier molecular flexibility index (Phi) is 5.97. The Balaban J connectivity index is 1.21. The van der Waals surface area contributed by atoms with E-state index in [1.165, 1.54) is 22.5 Å². The minimum absolute atomic E-state index is 0.0971. The highest BCUT2D eigenvalue weighted by molar-refractivity contribution is 7.20. The molecule has 36 heavy (non-hydrogen) atoms. The van der Waals surface area contributed by atoms with Crippen LogP contribution in [0.25, 0.3) is 10.2 Å². The van der Waals surface area contributed by atoms with Crippen LogP contribution in [0.4, 0.5) is 11.5 Å². The molecular formula is C28H29N5O2S. The molecule has 0 atom stereocenters. The lowest BCUT2D eigenvalue weighted by molar-refractivity contribution is 0.0751. The maximum Gasteiger partial charge on any atom is 0.264 e. The van der Waals surface area contributed by atoms with Gasteiger partial charge in [-0.1, -0.05) is 24.3 Å². The fourth-order valence-electron chi connectivity index (χ4n) is 5.28. The van der Waals surface area contributed by atoms with Gasteiger partial charge in [-0.2, -0.15) is 0 Å². The largest absolute Gasteiger partial charge is 0.497 e. The van der Waals surface area contributed by atoms with Gasteiger partial charge in [0.1, 0.15) is 22.7 Å². The van der Waals surface area contributed by atoms with Crippen LogP contribution in [0, 0.1) is 6.92 Å². The number of nitrogens with zero attached hydrogens (tertiary/aromatic N) is 5. The number of hydrogen-bond acceptors (Lipinski definition) is 7. The zero-order valence-electron chi connectivity index (χ0n) is 20.6. The molecule has 1 fully saturated rings. The molecule has 6 rings (SSSR count). The van der Waals surface area contributed by atoms with Crippen molar-refractivity contribution in [3.05, 3.63) is 76.4 Å². The van der Waals surface area contributed by atoms with E-state index in [0.29, 0.717) is 13.1 Å². The van der Waals surface area contributed by atoms with Crippen LogP contribution >= 0.6 is 11.3 Å². The molecule has 8 heteroatoms. The van der Waals surface area contributed by atoms with Crippen molar-refractivity contribution in [3.63, 3.8) is 0 Å². The normalized spacial score (nSPS) is 15.8. The number of rotatable bonds is 4. The SMILES string of the molecule is COc1ccc(N2CCN(C(=O)c3sc4ncnc(N5CCc6ccccc6C5)c4c3C)CC2)cc1. The van der Waals surface area contributed by atoms with Crippen LogP contribution in [0.2, 0.25) is 0 Å². The third kappa shape index (κ3) is 4.05. The number of amides is 1. The third-order valence-electron chi connectivity index (χ3n) is 7.34. The summed E-state index contributed by atoms with van der Waals surface area (Å²) >= 11 is 1.49. The van der Waals surface area contributed by atoms with Crippen LogP contribution in [-0.4, -0.2) is 60.6 Å². The van der Waals surface area contributed by atoms with E-state index in [9.17, 15) is 4.79 Å². The smallest absolute Gasteiger partial charge is 0.264 e. The lowest BCUT2D eigenvalue weighted by Crippen LogP contribution is -2.48. The summed E-state index contributed by atoms with van der Waals surface area (Å²) in [6.45, 7) is 6.79. The molecular weight excluding hydrogens is 470 g/mol. The van der Waals surface area contributed by atoms with Crippen molar-refractivity contribution in [2.45, 2.75) is 19.9 Å². The van der Waals surface area contributed by atoms with Crippen LogP contribution < -0.4 is 14.5 Å². The van der Waals surface area contributed by atoms with E-state index in [4.69, 9.17) is 4.74 Å². The van der Waals surface area contributed by atoms with Gasteiger partial charge in [0, 0.05) is 45.0 Å². The fraction of sp³-hybridized carbons (Fsp3) is 0.321. The molecule has 0 bridgehead atoms. The Labute approximate surface area is 214 Å². The topological polar surface area (TPSA) is 61.8 Å². The van der Waals surface area contributed by atoms with Crippen molar-refractivity contribution in [3.8, 4) is 5.75 Å².